The summed E-state index contributed by atoms with van der Waals surface area (Å²) >= 11 is 1.65. The molecule has 0 fully saturated rings. The van der Waals surface area contributed by atoms with Crippen LogP contribution in [0.4, 0.5) is 13.2 Å². The van der Waals surface area contributed by atoms with E-state index in [1.54, 1.807) is 22.6 Å². The monoisotopic (exact) mass is 335 g/mol. The van der Waals surface area contributed by atoms with Gasteiger partial charge < -0.3 is 14.6 Å². The van der Waals surface area contributed by atoms with Crippen molar-refractivity contribution < 1.29 is 27.8 Å². The number of methoxy groups -OCH3 is 1. The van der Waals surface area contributed by atoms with Crippen molar-refractivity contribution in [3.63, 3.8) is 0 Å². The zero-order valence-electron chi connectivity index (χ0n) is 7.30. The predicted octanol–water partition coefficient (Wildman–Crippen LogP) is 2.30. The minimum absolute atomic E-state index is 0.124. The average molecular weight is 335 g/mol. The van der Waals surface area contributed by atoms with Crippen LogP contribution in [0, 0.1) is 3.70 Å². The minimum atomic E-state index is -4.85. The summed E-state index contributed by atoms with van der Waals surface area (Å²) in [5.74, 6) is -1.42. The number of aromatic nitrogens is 1. The number of aromatic hydroxyl groups is 1. The van der Waals surface area contributed by atoms with Gasteiger partial charge in [-0.1, -0.05) is 0 Å². The first kappa shape index (κ1) is 12.1. The Morgan fingerprint density at radius 3 is 2.53 bits per heavy atom. The molecule has 0 saturated carbocycles. The van der Waals surface area contributed by atoms with Crippen LogP contribution in [-0.2, 0) is 0 Å². The van der Waals surface area contributed by atoms with E-state index in [2.05, 4.69) is 14.5 Å². The molecule has 0 aliphatic carbocycles. The second kappa shape index (κ2) is 4.29. The fourth-order valence-electron chi connectivity index (χ4n) is 0.791. The van der Waals surface area contributed by atoms with Gasteiger partial charge in [0.1, 0.15) is 3.70 Å². The Labute approximate surface area is 96.2 Å². The number of halogens is 4. The lowest BCUT2D eigenvalue weighted by Gasteiger charge is -2.12. The van der Waals surface area contributed by atoms with Crippen LogP contribution in [-0.4, -0.2) is 23.6 Å². The Morgan fingerprint density at radius 1 is 1.47 bits per heavy atom. The van der Waals surface area contributed by atoms with E-state index in [1.807, 2.05) is 0 Å². The van der Waals surface area contributed by atoms with Crippen LogP contribution in [0.15, 0.2) is 6.07 Å². The lowest BCUT2D eigenvalue weighted by Crippen LogP contribution is -2.18. The molecule has 0 saturated heterocycles. The van der Waals surface area contributed by atoms with Gasteiger partial charge in [0, 0.05) is 6.07 Å². The number of pyridine rings is 1. The molecule has 1 aromatic rings. The molecule has 15 heavy (non-hydrogen) atoms. The number of alkyl halides is 3. The van der Waals surface area contributed by atoms with Gasteiger partial charge in [0.25, 0.3) is 5.88 Å². The van der Waals surface area contributed by atoms with E-state index >= 15 is 0 Å². The van der Waals surface area contributed by atoms with Gasteiger partial charge in [0.2, 0.25) is 0 Å². The zero-order chi connectivity index (χ0) is 11.6. The Kier molecular flexibility index (Phi) is 3.47. The highest BCUT2D eigenvalue weighted by Gasteiger charge is 2.33. The van der Waals surface area contributed by atoms with Crippen molar-refractivity contribution in [1.29, 1.82) is 0 Å². The summed E-state index contributed by atoms with van der Waals surface area (Å²) in [5, 5.41) is 9.14. The molecule has 1 N–H and O–H groups in total. The SMILES string of the molecule is COc1nc(I)c(O)cc1OC(F)(F)F. The number of ether oxygens (including phenoxy) is 2. The van der Waals surface area contributed by atoms with Crippen molar-refractivity contribution in [3.8, 4) is 17.4 Å². The molecule has 0 radical (unpaired) electrons. The van der Waals surface area contributed by atoms with E-state index in [0.717, 1.165) is 13.2 Å². The Hall–Kier alpha value is -0.930. The molecule has 0 bridgehead atoms. The van der Waals surface area contributed by atoms with Gasteiger partial charge in [0.15, 0.2) is 11.5 Å². The fraction of sp³-hybridized carbons (Fsp3) is 0.286. The predicted molar refractivity (Wildman–Crippen MR) is 51.9 cm³/mol. The van der Waals surface area contributed by atoms with E-state index in [0.29, 0.717) is 0 Å². The molecule has 0 spiro atoms. The van der Waals surface area contributed by atoms with Crippen molar-refractivity contribution >= 4 is 22.6 Å². The van der Waals surface area contributed by atoms with E-state index in [1.165, 1.54) is 0 Å². The van der Waals surface area contributed by atoms with E-state index in [9.17, 15) is 13.2 Å². The van der Waals surface area contributed by atoms with Crippen molar-refractivity contribution in [3.05, 3.63) is 9.77 Å². The summed E-state index contributed by atoms with van der Waals surface area (Å²) in [6, 6.07) is 0.793. The van der Waals surface area contributed by atoms with E-state index in [4.69, 9.17) is 5.11 Å². The van der Waals surface area contributed by atoms with Gasteiger partial charge in [-0.2, -0.15) is 0 Å². The third kappa shape index (κ3) is 3.29. The molecular formula is C7H5F3INO3. The normalized spacial score (nSPS) is 11.3. The Bertz CT molecular complexity index is 369. The second-order valence-corrected chi connectivity index (χ2v) is 3.38. The van der Waals surface area contributed by atoms with Crippen LogP contribution in [0.25, 0.3) is 0 Å². The number of nitrogens with zero attached hydrogens (tertiary/aromatic N) is 1. The molecule has 1 rings (SSSR count). The van der Waals surface area contributed by atoms with Crippen LogP contribution in [0.5, 0.6) is 17.4 Å². The van der Waals surface area contributed by atoms with Gasteiger partial charge in [-0.25, -0.2) is 4.98 Å². The number of hydrogen-bond acceptors (Lipinski definition) is 4. The van der Waals surface area contributed by atoms with Gasteiger partial charge >= 0.3 is 6.36 Å². The van der Waals surface area contributed by atoms with Gasteiger partial charge in [-0.15, -0.1) is 13.2 Å². The molecule has 4 nitrogen and oxygen atoms in total. The molecule has 0 aliphatic rings. The molecule has 0 atom stereocenters. The summed E-state index contributed by atoms with van der Waals surface area (Å²) in [5.41, 5.74) is 0. The summed E-state index contributed by atoms with van der Waals surface area (Å²) < 4.78 is 44.0. The molecule has 0 aliphatic heterocycles. The zero-order valence-corrected chi connectivity index (χ0v) is 9.46. The van der Waals surface area contributed by atoms with Crippen LogP contribution in [0.1, 0.15) is 0 Å². The second-order valence-electron chi connectivity index (χ2n) is 2.35. The first-order chi connectivity index (χ1) is 6.83. The first-order valence-corrected chi connectivity index (χ1v) is 4.60. The average Bonchev–Trinajstić information content (AvgIpc) is 2.08. The highest BCUT2D eigenvalue weighted by atomic mass is 127. The highest BCUT2D eigenvalue weighted by Crippen LogP contribution is 2.35. The Balaban J connectivity index is 3.11. The van der Waals surface area contributed by atoms with Gasteiger partial charge in [-0.05, 0) is 22.6 Å². The van der Waals surface area contributed by atoms with Crippen LogP contribution in [0.3, 0.4) is 0 Å². The quantitative estimate of drug-likeness (QED) is 0.666. The lowest BCUT2D eigenvalue weighted by molar-refractivity contribution is -0.275. The molecule has 0 aromatic carbocycles. The molecule has 0 unspecified atom stereocenters. The summed E-state index contributed by atoms with van der Waals surface area (Å²) in [6.45, 7) is 0. The van der Waals surface area contributed by atoms with Crippen molar-refractivity contribution in [2.24, 2.45) is 0 Å². The van der Waals surface area contributed by atoms with Crippen LogP contribution < -0.4 is 9.47 Å². The maximum atomic E-state index is 11.9. The number of hydrogen-bond donors (Lipinski definition) is 1. The van der Waals surface area contributed by atoms with Crippen molar-refractivity contribution in [2.75, 3.05) is 7.11 Å². The lowest BCUT2D eigenvalue weighted by atomic mass is 10.4. The first-order valence-electron chi connectivity index (χ1n) is 3.52. The summed E-state index contributed by atoms with van der Waals surface area (Å²) in [6.07, 6.45) is -4.85. The Morgan fingerprint density at radius 2 is 2.07 bits per heavy atom. The fourth-order valence-corrected chi connectivity index (χ4v) is 1.17. The van der Waals surface area contributed by atoms with E-state index < -0.39 is 17.9 Å². The third-order valence-electron chi connectivity index (χ3n) is 1.31. The molecule has 84 valence electrons. The van der Waals surface area contributed by atoms with Gasteiger partial charge in [-0.3, -0.25) is 0 Å². The topological polar surface area (TPSA) is 51.6 Å². The maximum absolute atomic E-state index is 11.9. The maximum Gasteiger partial charge on any atom is 0.573 e. The minimum Gasteiger partial charge on any atom is -0.505 e. The summed E-state index contributed by atoms with van der Waals surface area (Å²) in [4.78, 5) is 3.56. The highest BCUT2D eigenvalue weighted by molar-refractivity contribution is 14.1. The van der Waals surface area contributed by atoms with Crippen molar-refractivity contribution in [1.82, 2.24) is 4.98 Å². The van der Waals surface area contributed by atoms with E-state index in [-0.39, 0.29) is 9.58 Å². The molecular weight excluding hydrogens is 330 g/mol. The largest absolute Gasteiger partial charge is 0.573 e. The summed E-state index contributed by atoms with van der Waals surface area (Å²) in [7, 11) is 1.15. The molecule has 1 aromatic heterocycles. The molecule has 0 amide bonds. The molecule has 8 heteroatoms. The van der Waals surface area contributed by atoms with Crippen molar-refractivity contribution in [2.45, 2.75) is 6.36 Å². The van der Waals surface area contributed by atoms with Crippen LogP contribution >= 0.6 is 22.6 Å². The number of rotatable bonds is 2. The standard InChI is InChI=1S/C7H5F3INO3/c1-14-6-4(15-7(8,9)10)2-3(13)5(11)12-6/h2,13H,1H3. The van der Waals surface area contributed by atoms with Gasteiger partial charge in [0.05, 0.1) is 7.11 Å². The smallest absolute Gasteiger partial charge is 0.505 e. The molecule has 1 heterocycles. The van der Waals surface area contributed by atoms with Crippen LogP contribution in [0.2, 0.25) is 0 Å². The third-order valence-corrected chi connectivity index (χ3v) is 2.10.